The Morgan fingerprint density at radius 3 is 2.71 bits per heavy atom. The Kier molecular flexibility index (Phi) is 5.91. The number of nitrogens with zero attached hydrogens (tertiary/aromatic N) is 1. The fourth-order valence-electron chi connectivity index (χ4n) is 2.18. The van der Waals surface area contributed by atoms with Gasteiger partial charge in [-0.25, -0.2) is 0 Å². The van der Waals surface area contributed by atoms with E-state index in [1.807, 2.05) is 49.6 Å². The number of likely N-dealkylation sites (N-methyl/N-ethyl adjacent to an activating group) is 1. The minimum Gasteiger partial charge on any atom is -0.352 e. The van der Waals surface area contributed by atoms with Crippen LogP contribution in [0.5, 0.6) is 0 Å². The lowest BCUT2D eigenvalue weighted by atomic mass is 10.0. The Morgan fingerprint density at radius 2 is 1.95 bits per heavy atom. The Balaban J connectivity index is 1.91. The van der Waals surface area contributed by atoms with Crippen molar-refractivity contribution in [2.45, 2.75) is 12.8 Å². The van der Waals surface area contributed by atoms with Gasteiger partial charge in [-0.3, -0.25) is 9.78 Å². The van der Waals surface area contributed by atoms with E-state index in [1.54, 1.807) is 6.20 Å². The molecule has 0 bridgehead atoms. The minimum absolute atomic E-state index is 0.00871. The van der Waals surface area contributed by atoms with E-state index >= 15 is 0 Å². The Hall–Kier alpha value is -2.20. The van der Waals surface area contributed by atoms with Crippen LogP contribution >= 0.6 is 0 Å². The molecule has 0 saturated heterocycles. The average molecular weight is 283 g/mol. The van der Waals surface area contributed by atoms with E-state index < -0.39 is 0 Å². The molecule has 0 radical (unpaired) electrons. The number of hydrogen-bond donors (Lipinski definition) is 2. The van der Waals surface area contributed by atoms with Crippen LogP contribution in [0.25, 0.3) is 0 Å². The third-order valence-electron chi connectivity index (χ3n) is 3.33. The Labute approximate surface area is 125 Å². The van der Waals surface area contributed by atoms with Gasteiger partial charge in [-0.05, 0) is 49.7 Å². The van der Waals surface area contributed by atoms with Gasteiger partial charge in [-0.2, -0.15) is 0 Å². The molecule has 0 fully saturated rings. The molecule has 0 spiro atoms. The first kappa shape index (κ1) is 15.2. The largest absolute Gasteiger partial charge is 0.352 e. The highest BCUT2D eigenvalue weighted by atomic mass is 16.1. The fourth-order valence-corrected chi connectivity index (χ4v) is 2.18. The summed E-state index contributed by atoms with van der Waals surface area (Å²) in [5, 5.41) is 6.09. The molecule has 1 heterocycles. The maximum Gasteiger partial charge on any atom is 0.251 e. The molecule has 0 atom stereocenters. The quantitative estimate of drug-likeness (QED) is 0.815. The number of aromatic nitrogens is 1. The lowest BCUT2D eigenvalue weighted by molar-refractivity contribution is 0.0953. The summed E-state index contributed by atoms with van der Waals surface area (Å²) >= 11 is 0. The van der Waals surface area contributed by atoms with Gasteiger partial charge in [0.2, 0.25) is 0 Å². The molecule has 4 nitrogen and oxygen atoms in total. The van der Waals surface area contributed by atoms with Crippen molar-refractivity contribution in [1.29, 1.82) is 0 Å². The molecule has 0 aliphatic carbocycles. The van der Waals surface area contributed by atoms with Gasteiger partial charge in [-0.1, -0.05) is 24.3 Å². The topological polar surface area (TPSA) is 54.0 Å². The van der Waals surface area contributed by atoms with Gasteiger partial charge in [-0.15, -0.1) is 0 Å². The molecule has 110 valence electrons. The van der Waals surface area contributed by atoms with Gasteiger partial charge in [0, 0.05) is 24.5 Å². The molecule has 1 amide bonds. The van der Waals surface area contributed by atoms with Crippen molar-refractivity contribution >= 4 is 5.91 Å². The highest BCUT2D eigenvalue weighted by Gasteiger charge is 2.09. The van der Waals surface area contributed by atoms with Crippen LogP contribution < -0.4 is 10.6 Å². The zero-order valence-corrected chi connectivity index (χ0v) is 12.3. The number of amides is 1. The number of nitrogens with one attached hydrogen (secondary N) is 2. The third kappa shape index (κ3) is 4.68. The minimum atomic E-state index is -0.00871. The van der Waals surface area contributed by atoms with Crippen molar-refractivity contribution in [3.8, 4) is 0 Å². The van der Waals surface area contributed by atoms with Crippen LogP contribution in [0.15, 0.2) is 48.8 Å². The first-order chi connectivity index (χ1) is 10.3. The zero-order chi connectivity index (χ0) is 14.9. The van der Waals surface area contributed by atoms with Crippen LogP contribution in [-0.2, 0) is 12.8 Å². The second-order valence-electron chi connectivity index (χ2n) is 4.88. The van der Waals surface area contributed by atoms with Crippen LogP contribution in [-0.4, -0.2) is 31.0 Å². The summed E-state index contributed by atoms with van der Waals surface area (Å²) in [6.45, 7) is 1.48. The molecule has 0 aliphatic rings. The molecule has 21 heavy (non-hydrogen) atoms. The maximum absolute atomic E-state index is 12.3. The molecular weight excluding hydrogens is 262 g/mol. The standard InChI is InChI=1S/C17H21N3O/c1-18-11-9-15-6-2-3-7-16(15)17(21)20-12-8-14-5-4-10-19-13-14/h2-7,10,13,18H,8-9,11-12H2,1H3,(H,20,21). The highest BCUT2D eigenvalue weighted by Crippen LogP contribution is 2.09. The van der Waals surface area contributed by atoms with Gasteiger partial charge in [0.25, 0.3) is 5.91 Å². The number of hydrogen-bond acceptors (Lipinski definition) is 3. The number of benzene rings is 1. The van der Waals surface area contributed by atoms with Crippen molar-refractivity contribution in [2.75, 3.05) is 20.1 Å². The summed E-state index contributed by atoms with van der Waals surface area (Å²) in [5.41, 5.74) is 2.96. The second-order valence-corrected chi connectivity index (χ2v) is 4.88. The van der Waals surface area contributed by atoms with E-state index in [-0.39, 0.29) is 5.91 Å². The molecule has 4 heteroatoms. The molecule has 0 saturated carbocycles. The first-order valence-corrected chi connectivity index (χ1v) is 7.21. The second kappa shape index (κ2) is 8.17. The van der Waals surface area contributed by atoms with Crippen LogP contribution in [0.1, 0.15) is 21.5 Å². The number of rotatable bonds is 7. The predicted molar refractivity (Wildman–Crippen MR) is 84.3 cm³/mol. The number of pyridine rings is 1. The smallest absolute Gasteiger partial charge is 0.251 e. The zero-order valence-electron chi connectivity index (χ0n) is 12.3. The molecule has 0 unspecified atom stereocenters. The Morgan fingerprint density at radius 1 is 1.10 bits per heavy atom. The van der Waals surface area contributed by atoms with Gasteiger partial charge in [0.1, 0.15) is 0 Å². The lowest BCUT2D eigenvalue weighted by Gasteiger charge is -2.10. The fraction of sp³-hybridized carbons (Fsp3) is 0.294. The van der Waals surface area contributed by atoms with Crippen LogP contribution in [0, 0.1) is 0 Å². The lowest BCUT2D eigenvalue weighted by Crippen LogP contribution is -2.27. The third-order valence-corrected chi connectivity index (χ3v) is 3.33. The number of carbonyl (C=O) groups excluding carboxylic acids is 1. The predicted octanol–water partition coefficient (Wildman–Crippen LogP) is 1.82. The summed E-state index contributed by atoms with van der Waals surface area (Å²) in [5.74, 6) is -0.00871. The van der Waals surface area contributed by atoms with E-state index in [4.69, 9.17) is 0 Å². The van der Waals surface area contributed by atoms with Crippen molar-refractivity contribution < 1.29 is 4.79 Å². The molecule has 2 N–H and O–H groups in total. The first-order valence-electron chi connectivity index (χ1n) is 7.21. The van der Waals surface area contributed by atoms with E-state index in [0.29, 0.717) is 6.54 Å². The molecular formula is C17H21N3O. The SMILES string of the molecule is CNCCc1ccccc1C(=O)NCCc1cccnc1. The summed E-state index contributed by atoms with van der Waals surface area (Å²) in [4.78, 5) is 16.3. The van der Waals surface area contributed by atoms with Crippen LogP contribution in [0.3, 0.4) is 0 Å². The van der Waals surface area contributed by atoms with E-state index in [2.05, 4.69) is 15.6 Å². The maximum atomic E-state index is 12.3. The monoisotopic (exact) mass is 283 g/mol. The van der Waals surface area contributed by atoms with Crippen LogP contribution in [0.4, 0.5) is 0 Å². The number of carbonyl (C=O) groups is 1. The van der Waals surface area contributed by atoms with Gasteiger partial charge >= 0.3 is 0 Å². The van der Waals surface area contributed by atoms with E-state index in [9.17, 15) is 4.79 Å². The van der Waals surface area contributed by atoms with Crippen molar-refractivity contribution in [2.24, 2.45) is 0 Å². The van der Waals surface area contributed by atoms with Gasteiger partial charge in [0.15, 0.2) is 0 Å². The van der Waals surface area contributed by atoms with E-state index in [1.165, 1.54) is 0 Å². The van der Waals surface area contributed by atoms with E-state index in [0.717, 1.165) is 36.1 Å². The summed E-state index contributed by atoms with van der Waals surface area (Å²) < 4.78 is 0. The molecule has 0 aliphatic heterocycles. The van der Waals surface area contributed by atoms with Gasteiger partial charge in [0.05, 0.1) is 0 Å². The molecule has 2 aromatic rings. The average Bonchev–Trinajstić information content (AvgIpc) is 2.54. The normalized spacial score (nSPS) is 10.3. The van der Waals surface area contributed by atoms with Gasteiger partial charge < -0.3 is 10.6 Å². The summed E-state index contributed by atoms with van der Waals surface area (Å²) in [7, 11) is 1.91. The Bertz CT molecular complexity index is 569. The van der Waals surface area contributed by atoms with Crippen molar-refractivity contribution in [1.82, 2.24) is 15.6 Å². The van der Waals surface area contributed by atoms with Crippen molar-refractivity contribution in [3.05, 3.63) is 65.5 Å². The highest BCUT2D eigenvalue weighted by molar-refractivity contribution is 5.95. The van der Waals surface area contributed by atoms with Crippen molar-refractivity contribution in [3.63, 3.8) is 0 Å². The molecule has 1 aromatic carbocycles. The summed E-state index contributed by atoms with van der Waals surface area (Å²) in [6.07, 6.45) is 5.22. The summed E-state index contributed by atoms with van der Waals surface area (Å²) in [6, 6.07) is 11.7. The molecule has 1 aromatic heterocycles. The van der Waals surface area contributed by atoms with Crippen LogP contribution in [0.2, 0.25) is 0 Å². The molecule has 2 rings (SSSR count).